The van der Waals surface area contributed by atoms with Gasteiger partial charge in [0.05, 0.1) is 12.1 Å². The molecule has 1 unspecified atom stereocenters. The van der Waals surface area contributed by atoms with Gasteiger partial charge >= 0.3 is 0 Å². The van der Waals surface area contributed by atoms with Crippen LogP contribution < -0.4 is 5.32 Å². The average molecular weight is 242 g/mol. The molecule has 3 heteroatoms. The minimum absolute atomic E-state index is 0.0556. The van der Waals surface area contributed by atoms with Crippen molar-refractivity contribution < 1.29 is 5.11 Å². The van der Waals surface area contributed by atoms with Gasteiger partial charge in [-0.15, -0.1) is 0 Å². The summed E-state index contributed by atoms with van der Waals surface area (Å²) in [6.45, 7) is 7.19. The summed E-state index contributed by atoms with van der Waals surface area (Å²) in [6, 6.07) is 7.62. The molecule has 0 bridgehead atoms. The van der Waals surface area contributed by atoms with E-state index in [4.69, 9.17) is 11.6 Å². The smallest absolute Gasteiger partial charge is 0.0652 e. The largest absolute Gasteiger partial charge is 0.394 e. The molecule has 0 aromatic heterocycles. The first-order valence-corrected chi connectivity index (χ1v) is 5.97. The van der Waals surface area contributed by atoms with Gasteiger partial charge in [0.2, 0.25) is 0 Å². The number of aliphatic hydroxyl groups excluding tert-OH is 1. The second kappa shape index (κ2) is 5.67. The van der Waals surface area contributed by atoms with Gasteiger partial charge < -0.3 is 10.4 Å². The highest BCUT2D eigenvalue weighted by Crippen LogP contribution is 2.23. The van der Waals surface area contributed by atoms with E-state index in [0.717, 1.165) is 12.1 Å². The number of hydrogen-bond donors (Lipinski definition) is 2. The van der Waals surface area contributed by atoms with E-state index in [1.807, 2.05) is 31.2 Å². The fraction of sp³-hybridized carbons (Fsp3) is 0.538. The number of nitrogens with one attached hydrogen (secondary N) is 1. The van der Waals surface area contributed by atoms with Crippen LogP contribution in [-0.4, -0.2) is 18.3 Å². The lowest BCUT2D eigenvalue weighted by molar-refractivity contribution is 0.171. The molecular weight excluding hydrogens is 222 g/mol. The molecule has 0 fully saturated rings. The monoisotopic (exact) mass is 241 g/mol. The molecule has 90 valence electrons. The molecule has 0 saturated heterocycles. The molecule has 0 aliphatic heterocycles. The highest BCUT2D eigenvalue weighted by Gasteiger charge is 2.25. The summed E-state index contributed by atoms with van der Waals surface area (Å²) in [4.78, 5) is 0. The van der Waals surface area contributed by atoms with Gasteiger partial charge in [0.15, 0.2) is 0 Å². The average Bonchev–Trinajstić information content (AvgIpc) is 2.26. The lowest BCUT2D eigenvalue weighted by Crippen LogP contribution is -2.44. The quantitative estimate of drug-likeness (QED) is 0.831. The summed E-state index contributed by atoms with van der Waals surface area (Å²) in [5.41, 5.74) is 0.595. The third-order valence-electron chi connectivity index (χ3n) is 2.68. The van der Waals surface area contributed by atoms with Gasteiger partial charge in [-0.1, -0.05) is 37.6 Å². The number of halogens is 1. The number of benzene rings is 1. The Labute approximate surface area is 103 Å². The zero-order chi connectivity index (χ0) is 12.2. The first kappa shape index (κ1) is 13.5. The standard InChI is InChI=1S/C13H20ClNO/c1-10(2)8-15-13(3,9-16)11-5-4-6-12(14)7-11/h4-7,10,15-16H,8-9H2,1-3H3. The highest BCUT2D eigenvalue weighted by molar-refractivity contribution is 6.30. The van der Waals surface area contributed by atoms with E-state index in [9.17, 15) is 5.11 Å². The van der Waals surface area contributed by atoms with Gasteiger partial charge in [-0.2, -0.15) is 0 Å². The SMILES string of the molecule is CC(C)CNC(C)(CO)c1cccc(Cl)c1. The van der Waals surface area contributed by atoms with Crippen LogP contribution in [0.5, 0.6) is 0 Å². The fourth-order valence-electron chi connectivity index (χ4n) is 1.51. The normalized spacial score (nSPS) is 15.1. The lowest BCUT2D eigenvalue weighted by atomic mass is 9.92. The Bertz CT molecular complexity index is 340. The molecule has 1 atom stereocenters. The maximum atomic E-state index is 9.54. The van der Waals surface area contributed by atoms with E-state index >= 15 is 0 Å². The van der Waals surface area contributed by atoms with E-state index < -0.39 is 5.54 Å². The molecular formula is C13H20ClNO. The van der Waals surface area contributed by atoms with Crippen molar-refractivity contribution in [3.05, 3.63) is 34.9 Å². The summed E-state index contributed by atoms with van der Waals surface area (Å²) < 4.78 is 0. The third kappa shape index (κ3) is 3.48. The van der Waals surface area contributed by atoms with Gasteiger partial charge in [-0.3, -0.25) is 0 Å². The Morgan fingerprint density at radius 3 is 2.62 bits per heavy atom. The molecule has 0 aliphatic carbocycles. The minimum Gasteiger partial charge on any atom is -0.394 e. The summed E-state index contributed by atoms with van der Waals surface area (Å²) in [5.74, 6) is 0.546. The summed E-state index contributed by atoms with van der Waals surface area (Å²) in [6.07, 6.45) is 0. The molecule has 0 spiro atoms. The van der Waals surface area contributed by atoms with Crippen molar-refractivity contribution in [2.24, 2.45) is 5.92 Å². The fourth-order valence-corrected chi connectivity index (χ4v) is 1.70. The highest BCUT2D eigenvalue weighted by atomic mass is 35.5. The van der Waals surface area contributed by atoms with Crippen molar-refractivity contribution in [2.75, 3.05) is 13.2 Å². The maximum absolute atomic E-state index is 9.54. The Balaban J connectivity index is 2.86. The second-order valence-corrected chi connectivity index (χ2v) is 5.21. The van der Waals surface area contributed by atoms with Crippen molar-refractivity contribution in [2.45, 2.75) is 26.3 Å². The molecule has 0 amide bonds. The minimum atomic E-state index is -0.421. The van der Waals surface area contributed by atoms with Crippen molar-refractivity contribution in [1.29, 1.82) is 0 Å². The molecule has 1 aromatic rings. The number of aliphatic hydroxyl groups is 1. The summed E-state index contributed by atoms with van der Waals surface area (Å²) in [7, 11) is 0. The summed E-state index contributed by atoms with van der Waals surface area (Å²) in [5, 5.41) is 13.6. The van der Waals surface area contributed by atoms with E-state index in [1.165, 1.54) is 0 Å². The Morgan fingerprint density at radius 2 is 2.12 bits per heavy atom. The van der Waals surface area contributed by atoms with Crippen LogP contribution in [0, 0.1) is 5.92 Å². The first-order chi connectivity index (χ1) is 7.48. The van der Waals surface area contributed by atoms with E-state index in [2.05, 4.69) is 19.2 Å². The number of rotatable bonds is 5. The van der Waals surface area contributed by atoms with Crippen LogP contribution in [-0.2, 0) is 5.54 Å². The molecule has 0 heterocycles. The molecule has 0 saturated carbocycles. The van der Waals surface area contributed by atoms with E-state index in [-0.39, 0.29) is 6.61 Å². The Kier molecular flexibility index (Phi) is 4.78. The van der Waals surface area contributed by atoms with Crippen molar-refractivity contribution in [3.63, 3.8) is 0 Å². The summed E-state index contributed by atoms with van der Waals surface area (Å²) >= 11 is 5.96. The predicted octanol–water partition coefficient (Wildman–Crippen LogP) is 2.79. The maximum Gasteiger partial charge on any atom is 0.0652 e. The molecule has 0 radical (unpaired) electrons. The lowest BCUT2D eigenvalue weighted by Gasteiger charge is -2.30. The van der Waals surface area contributed by atoms with Crippen LogP contribution in [0.4, 0.5) is 0 Å². The van der Waals surface area contributed by atoms with Crippen LogP contribution in [0.25, 0.3) is 0 Å². The van der Waals surface area contributed by atoms with Crippen LogP contribution in [0.15, 0.2) is 24.3 Å². The zero-order valence-corrected chi connectivity index (χ0v) is 10.9. The Morgan fingerprint density at radius 1 is 1.44 bits per heavy atom. The van der Waals surface area contributed by atoms with Gasteiger partial charge in [0.1, 0.15) is 0 Å². The van der Waals surface area contributed by atoms with E-state index in [0.29, 0.717) is 10.9 Å². The second-order valence-electron chi connectivity index (χ2n) is 4.78. The van der Waals surface area contributed by atoms with Crippen LogP contribution in [0.1, 0.15) is 26.3 Å². The zero-order valence-electron chi connectivity index (χ0n) is 10.1. The molecule has 1 aromatic carbocycles. The van der Waals surface area contributed by atoms with Gasteiger partial charge in [0.25, 0.3) is 0 Å². The van der Waals surface area contributed by atoms with Gasteiger partial charge in [-0.05, 0) is 37.1 Å². The van der Waals surface area contributed by atoms with Crippen LogP contribution in [0.2, 0.25) is 5.02 Å². The molecule has 16 heavy (non-hydrogen) atoms. The van der Waals surface area contributed by atoms with Crippen LogP contribution >= 0.6 is 11.6 Å². The third-order valence-corrected chi connectivity index (χ3v) is 2.91. The van der Waals surface area contributed by atoms with Crippen LogP contribution in [0.3, 0.4) is 0 Å². The van der Waals surface area contributed by atoms with Crippen molar-refractivity contribution in [3.8, 4) is 0 Å². The topological polar surface area (TPSA) is 32.3 Å². The molecule has 2 nitrogen and oxygen atoms in total. The van der Waals surface area contributed by atoms with Gasteiger partial charge in [0, 0.05) is 5.02 Å². The molecule has 2 N–H and O–H groups in total. The van der Waals surface area contributed by atoms with Crippen molar-refractivity contribution in [1.82, 2.24) is 5.32 Å². The number of hydrogen-bond acceptors (Lipinski definition) is 2. The van der Waals surface area contributed by atoms with Gasteiger partial charge in [-0.25, -0.2) is 0 Å². The first-order valence-electron chi connectivity index (χ1n) is 5.60. The molecule has 1 rings (SSSR count). The van der Waals surface area contributed by atoms with Crippen molar-refractivity contribution >= 4 is 11.6 Å². The Hall–Kier alpha value is -0.570. The van der Waals surface area contributed by atoms with E-state index in [1.54, 1.807) is 0 Å². The predicted molar refractivity (Wildman–Crippen MR) is 68.7 cm³/mol. The molecule has 0 aliphatic rings.